The van der Waals surface area contributed by atoms with E-state index in [1.807, 2.05) is 48.5 Å². The Kier molecular flexibility index (Phi) is 5.31. The van der Waals surface area contributed by atoms with E-state index in [2.05, 4.69) is 0 Å². The minimum absolute atomic E-state index is 0.0825. The minimum atomic E-state index is -4.45. The number of amides is 1. The van der Waals surface area contributed by atoms with Gasteiger partial charge in [-0.25, -0.2) is 9.28 Å². The Hall–Kier alpha value is -4.30. The zero-order valence-corrected chi connectivity index (χ0v) is 21.2. The average molecular weight is 543 g/mol. The largest absolute Gasteiger partial charge is 0.491 e. The Balaban J connectivity index is 1.42. The maximum atomic E-state index is 15.1. The van der Waals surface area contributed by atoms with Crippen molar-refractivity contribution in [2.75, 3.05) is 13.4 Å². The highest BCUT2D eigenvalue weighted by molar-refractivity contribution is 6.08. The molecule has 2 atom stereocenters. The third-order valence-electron chi connectivity index (χ3n) is 8.09. The number of fused-ring (bicyclic) bond motifs is 5. The summed E-state index contributed by atoms with van der Waals surface area (Å²) in [6.45, 7) is 6.67. The van der Waals surface area contributed by atoms with E-state index >= 15 is 4.79 Å². The van der Waals surface area contributed by atoms with Gasteiger partial charge >= 0.3 is 12.1 Å². The molecule has 4 aromatic rings. The Morgan fingerprint density at radius 3 is 2.25 bits per heavy atom. The van der Waals surface area contributed by atoms with Gasteiger partial charge in [0.05, 0.1) is 5.56 Å². The Bertz CT molecular complexity index is 1670. The Labute approximate surface area is 228 Å². The van der Waals surface area contributed by atoms with Gasteiger partial charge in [0.25, 0.3) is 0 Å². The van der Waals surface area contributed by atoms with Crippen LogP contribution in [0.15, 0.2) is 84.9 Å². The van der Waals surface area contributed by atoms with E-state index < -0.39 is 17.2 Å². The van der Waals surface area contributed by atoms with E-state index in [1.165, 1.54) is 12.1 Å². The van der Waals surface area contributed by atoms with Crippen molar-refractivity contribution in [1.82, 2.24) is 4.48 Å². The highest BCUT2D eigenvalue weighted by Gasteiger charge is 2.66. The lowest BCUT2D eigenvalue weighted by Gasteiger charge is -2.34. The summed E-state index contributed by atoms with van der Waals surface area (Å²) in [6.07, 6.45) is -4.45. The van der Waals surface area contributed by atoms with Gasteiger partial charge in [-0.05, 0) is 42.8 Å². The molecule has 3 aliphatic rings. The molecular weight excluding hydrogens is 519 g/mol. The van der Waals surface area contributed by atoms with Crippen molar-refractivity contribution in [3.8, 4) is 17.2 Å². The van der Waals surface area contributed by atoms with Gasteiger partial charge in [0.2, 0.25) is 6.79 Å². The number of rotatable bonds is 4. The van der Waals surface area contributed by atoms with Gasteiger partial charge in [-0.15, -0.1) is 0 Å². The molecule has 40 heavy (non-hydrogen) atoms. The normalized spacial score (nSPS) is 22.4. The first kappa shape index (κ1) is 24.7. The molecule has 3 heterocycles. The van der Waals surface area contributed by atoms with E-state index in [-0.39, 0.29) is 36.9 Å². The molecule has 0 fully saturated rings. The van der Waals surface area contributed by atoms with Gasteiger partial charge in [0, 0.05) is 28.3 Å². The van der Waals surface area contributed by atoms with Gasteiger partial charge in [-0.2, -0.15) is 13.2 Å². The fraction of sp³-hybridized carbons (Fsp3) is 0.188. The van der Waals surface area contributed by atoms with E-state index in [4.69, 9.17) is 21.1 Å². The van der Waals surface area contributed by atoms with E-state index in [9.17, 15) is 13.2 Å². The molecule has 8 heteroatoms. The molecule has 0 saturated heterocycles. The second-order valence-electron chi connectivity index (χ2n) is 10.4. The number of nitrogens with zero attached hydrogens (tertiary/aromatic N) is 1. The van der Waals surface area contributed by atoms with Gasteiger partial charge in [0.15, 0.2) is 16.9 Å². The van der Waals surface area contributed by atoms with Crippen LogP contribution in [0, 0.1) is 6.92 Å². The third-order valence-corrected chi connectivity index (χ3v) is 8.09. The molecule has 0 aliphatic carbocycles. The molecule has 0 aromatic heterocycles. The van der Waals surface area contributed by atoms with Crippen LogP contribution in [0.1, 0.15) is 33.4 Å². The highest BCUT2D eigenvalue weighted by Crippen LogP contribution is 2.58. The van der Waals surface area contributed by atoms with Crippen LogP contribution in [0.5, 0.6) is 17.2 Å². The standard InChI is InChI=1S/C32H23F3NO4/c1-20-5-4-6-22(13-20)17-36(16-21-9-11-23(12-10-21)32(33,34)35)26-8-3-2-7-24(26)31(30(36)37)18-38-27-15-29-28(14-25(27)31)39-19-40-29/h1-15H,16-19H2/q+1. The van der Waals surface area contributed by atoms with Crippen LogP contribution in [0.3, 0.4) is 0 Å². The van der Waals surface area contributed by atoms with Crippen LogP contribution < -0.4 is 18.7 Å². The smallest absolute Gasteiger partial charge is 0.416 e. The molecule has 200 valence electrons. The molecule has 0 bridgehead atoms. The SMILES string of the molecule is [CH]c1cccc(C[N+]2(Cc3ccc(C(F)(F)F)cc3)C(=O)C3(COc4cc5c(cc43)OCO5)c3ccccc32)c1. The number of hydrogen-bond acceptors (Lipinski definition) is 4. The number of para-hydroxylation sites is 1. The van der Waals surface area contributed by atoms with Crippen LogP contribution in [0.4, 0.5) is 18.9 Å². The number of benzene rings is 4. The van der Waals surface area contributed by atoms with Crippen molar-refractivity contribution in [3.05, 3.63) is 125 Å². The average Bonchev–Trinajstić information content (AvgIpc) is 3.60. The maximum absolute atomic E-state index is 15.1. The van der Waals surface area contributed by atoms with Gasteiger partial charge in [0.1, 0.15) is 31.1 Å². The summed E-state index contributed by atoms with van der Waals surface area (Å²) in [5, 5.41) is 0. The lowest BCUT2D eigenvalue weighted by molar-refractivity contribution is -0.138. The Morgan fingerprint density at radius 1 is 0.775 bits per heavy atom. The summed E-state index contributed by atoms with van der Waals surface area (Å²) in [5.41, 5.74) is 2.36. The molecule has 3 aliphatic heterocycles. The van der Waals surface area contributed by atoms with E-state index in [0.29, 0.717) is 33.9 Å². The summed E-state index contributed by atoms with van der Waals surface area (Å²) < 4.78 is 57.1. The van der Waals surface area contributed by atoms with Crippen LogP contribution in [0.2, 0.25) is 0 Å². The zero-order chi connectivity index (χ0) is 27.7. The quantitative estimate of drug-likeness (QED) is 0.279. The van der Waals surface area contributed by atoms with Crippen LogP contribution >= 0.6 is 0 Å². The molecular formula is C32H23F3NO4+. The lowest BCUT2D eigenvalue weighted by atomic mass is 9.77. The highest BCUT2D eigenvalue weighted by atomic mass is 19.4. The molecule has 1 amide bonds. The summed E-state index contributed by atoms with van der Waals surface area (Å²) in [4.78, 5) is 15.1. The van der Waals surface area contributed by atoms with Crippen molar-refractivity contribution in [3.63, 3.8) is 0 Å². The zero-order valence-electron chi connectivity index (χ0n) is 21.2. The first-order chi connectivity index (χ1) is 19.2. The first-order valence-corrected chi connectivity index (χ1v) is 12.8. The molecule has 2 unspecified atom stereocenters. The van der Waals surface area contributed by atoms with Gasteiger partial charge in [-0.1, -0.05) is 48.5 Å². The molecule has 0 saturated carbocycles. The van der Waals surface area contributed by atoms with Gasteiger partial charge < -0.3 is 14.2 Å². The van der Waals surface area contributed by atoms with Crippen LogP contribution in [-0.2, 0) is 29.5 Å². The monoisotopic (exact) mass is 542 g/mol. The number of ether oxygens (including phenoxy) is 3. The van der Waals surface area contributed by atoms with Crippen molar-refractivity contribution >= 4 is 11.6 Å². The predicted octanol–water partition coefficient (Wildman–Crippen LogP) is 6.42. The van der Waals surface area contributed by atoms with Gasteiger partial charge in [-0.3, -0.25) is 0 Å². The summed E-state index contributed by atoms with van der Waals surface area (Å²) in [5.74, 6) is 1.51. The van der Waals surface area contributed by atoms with E-state index in [1.54, 1.807) is 12.1 Å². The number of carbonyl (C=O) groups is 1. The third kappa shape index (κ3) is 3.55. The summed E-state index contributed by atoms with van der Waals surface area (Å²) in [7, 11) is 0. The summed E-state index contributed by atoms with van der Waals surface area (Å²) in [6, 6.07) is 23.5. The van der Waals surface area contributed by atoms with E-state index in [0.717, 1.165) is 28.9 Å². The number of alkyl halides is 3. The first-order valence-electron chi connectivity index (χ1n) is 12.8. The second-order valence-corrected chi connectivity index (χ2v) is 10.4. The molecule has 7 rings (SSSR count). The van der Waals surface area contributed by atoms with Crippen molar-refractivity contribution < 1.29 is 32.2 Å². The topological polar surface area (TPSA) is 44.8 Å². The summed E-state index contributed by atoms with van der Waals surface area (Å²) >= 11 is 0. The van der Waals surface area contributed by atoms with Crippen molar-refractivity contribution in [2.45, 2.75) is 24.7 Å². The van der Waals surface area contributed by atoms with Crippen LogP contribution in [0.25, 0.3) is 0 Å². The number of halogens is 3. The predicted molar refractivity (Wildman–Crippen MR) is 141 cm³/mol. The fourth-order valence-corrected chi connectivity index (χ4v) is 6.32. The Morgan fingerprint density at radius 2 is 1.50 bits per heavy atom. The maximum Gasteiger partial charge on any atom is 0.416 e. The van der Waals surface area contributed by atoms with Crippen molar-refractivity contribution in [1.29, 1.82) is 0 Å². The molecule has 4 aromatic carbocycles. The fourth-order valence-electron chi connectivity index (χ4n) is 6.32. The molecule has 0 N–H and O–H groups in total. The van der Waals surface area contributed by atoms with Crippen LogP contribution in [-0.4, -0.2) is 19.3 Å². The van der Waals surface area contributed by atoms with Crippen molar-refractivity contribution in [2.24, 2.45) is 0 Å². The molecule has 2 radical (unpaired) electrons. The molecule has 5 nitrogen and oxygen atoms in total. The lowest BCUT2D eigenvalue weighted by Crippen LogP contribution is -2.56. The number of hydrogen-bond donors (Lipinski definition) is 0. The number of quaternary nitrogens is 1. The molecule has 1 spiro atoms. The second kappa shape index (κ2) is 8.60. The number of carbonyl (C=O) groups excluding carboxylic acids is 1. The minimum Gasteiger partial charge on any atom is -0.491 e.